The molecule has 0 bridgehead atoms. The molecule has 1 atom stereocenters. The molecular weight excluding hydrogens is 668 g/mol. The third-order valence-corrected chi connectivity index (χ3v) is 7.08. The molecule has 11 heteroatoms. The first-order valence-corrected chi connectivity index (χ1v) is 14.3. The van der Waals surface area contributed by atoms with Crippen molar-refractivity contribution < 1.29 is 23.8 Å². The lowest BCUT2D eigenvalue weighted by molar-refractivity contribution is -0.134. The van der Waals surface area contributed by atoms with Crippen molar-refractivity contribution in [3.05, 3.63) is 79.3 Å². The second-order valence-electron chi connectivity index (χ2n) is 8.96. The van der Waals surface area contributed by atoms with E-state index in [2.05, 4.69) is 38.4 Å². The van der Waals surface area contributed by atoms with E-state index in [1.54, 1.807) is 63.4 Å². The van der Waals surface area contributed by atoms with Crippen LogP contribution in [0.1, 0.15) is 31.9 Å². The largest absolute Gasteiger partial charge is 0.497 e. The first-order chi connectivity index (χ1) is 19.1. The summed E-state index contributed by atoms with van der Waals surface area (Å²) in [6.45, 7) is 6.12. The van der Waals surface area contributed by atoms with Crippen molar-refractivity contribution in [2.75, 3.05) is 19.0 Å². The Hall–Kier alpha value is -3.02. The summed E-state index contributed by atoms with van der Waals surface area (Å²) in [6, 6.07) is 15.7. The number of ether oxygens (including phenoxy) is 3. The zero-order valence-corrected chi connectivity index (χ0v) is 26.1. The summed E-state index contributed by atoms with van der Waals surface area (Å²) in [5, 5.41) is 7.93. The summed E-state index contributed by atoms with van der Waals surface area (Å²) in [5.74, 6) is -0.410. The molecule has 0 aromatic heterocycles. The summed E-state index contributed by atoms with van der Waals surface area (Å²) >= 11 is 14.4. The van der Waals surface area contributed by atoms with Crippen LogP contribution >= 0.6 is 45.8 Å². The molecule has 0 saturated heterocycles. The Balaban J connectivity index is 1.69. The Morgan fingerprint density at radius 1 is 1.02 bits per heavy atom. The molecule has 0 saturated carbocycles. The number of methoxy groups -OCH3 is 1. The van der Waals surface area contributed by atoms with E-state index < -0.39 is 17.7 Å². The van der Waals surface area contributed by atoms with E-state index in [4.69, 9.17) is 37.4 Å². The van der Waals surface area contributed by atoms with Gasteiger partial charge in [-0.2, -0.15) is 5.10 Å². The molecule has 40 heavy (non-hydrogen) atoms. The van der Waals surface area contributed by atoms with Crippen molar-refractivity contribution in [3.63, 3.8) is 0 Å². The van der Waals surface area contributed by atoms with Crippen molar-refractivity contribution in [1.29, 1.82) is 0 Å². The van der Waals surface area contributed by atoms with E-state index in [1.165, 1.54) is 6.21 Å². The van der Waals surface area contributed by atoms with Gasteiger partial charge in [0, 0.05) is 21.3 Å². The maximum absolute atomic E-state index is 12.9. The number of nitrogens with zero attached hydrogens (tertiary/aromatic N) is 1. The van der Waals surface area contributed by atoms with Crippen LogP contribution in [-0.2, 0) is 16.2 Å². The normalized spacial score (nSPS) is 11.8. The van der Waals surface area contributed by atoms with Crippen LogP contribution in [0.5, 0.6) is 17.2 Å². The molecule has 0 fully saturated rings. The maximum atomic E-state index is 12.9. The number of hydrazone groups is 1. The van der Waals surface area contributed by atoms with E-state index in [1.807, 2.05) is 19.1 Å². The first kappa shape index (κ1) is 31.5. The van der Waals surface area contributed by atoms with Gasteiger partial charge in [0.1, 0.15) is 18.3 Å². The lowest BCUT2D eigenvalue weighted by Gasteiger charge is -2.18. The summed E-state index contributed by atoms with van der Waals surface area (Å²) < 4.78 is 17.8. The Morgan fingerprint density at radius 2 is 1.75 bits per heavy atom. The van der Waals surface area contributed by atoms with Gasteiger partial charge in [-0.15, -0.1) is 0 Å². The third-order valence-electron chi connectivity index (χ3n) is 5.70. The molecule has 2 amide bonds. The molecule has 0 radical (unpaired) electrons. The lowest BCUT2D eigenvalue weighted by Crippen LogP contribution is -2.39. The predicted molar refractivity (Wildman–Crippen MR) is 167 cm³/mol. The molecule has 1 unspecified atom stereocenters. The van der Waals surface area contributed by atoms with Crippen LogP contribution in [0.4, 0.5) is 5.69 Å². The average Bonchev–Trinajstić information content (AvgIpc) is 2.89. The quantitative estimate of drug-likeness (QED) is 0.0925. The highest BCUT2D eigenvalue weighted by atomic mass is 127. The van der Waals surface area contributed by atoms with E-state index >= 15 is 0 Å². The smallest absolute Gasteiger partial charge is 0.252 e. The van der Waals surface area contributed by atoms with E-state index in [-0.39, 0.29) is 12.5 Å². The lowest BCUT2D eigenvalue weighted by atomic mass is 9.94. The summed E-state index contributed by atoms with van der Waals surface area (Å²) in [7, 11) is 1.56. The van der Waals surface area contributed by atoms with Crippen LogP contribution in [0.15, 0.2) is 59.7 Å². The number of benzene rings is 3. The maximum Gasteiger partial charge on any atom is 0.252 e. The van der Waals surface area contributed by atoms with Crippen molar-refractivity contribution >= 4 is 69.5 Å². The number of halogens is 3. The molecule has 0 heterocycles. The standard InChI is InChI=1S/C29H30Cl2IN3O5/c1-5-39-25-13-18(12-24(32)27(25)40-16-19-6-7-20(30)14-23(19)31)15-33-35-29(37)26(17(2)3)28(36)34-21-8-10-22(38-4)11-9-21/h6-15,17,26H,5,16H2,1-4H3,(H,34,36)(H,35,37). The Labute approximate surface area is 257 Å². The molecule has 0 aliphatic carbocycles. The number of carbonyl (C=O) groups is 2. The Morgan fingerprint density at radius 3 is 2.38 bits per heavy atom. The highest BCUT2D eigenvalue weighted by Gasteiger charge is 2.30. The molecule has 0 aliphatic heterocycles. The van der Waals surface area contributed by atoms with Gasteiger partial charge in [-0.3, -0.25) is 9.59 Å². The topological polar surface area (TPSA) is 98.2 Å². The molecule has 0 spiro atoms. The SMILES string of the molecule is CCOc1cc(C=NNC(=O)C(C(=O)Nc2ccc(OC)cc2)C(C)C)cc(I)c1OCc1ccc(Cl)cc1Cl. The second kappa shape index (κ2) is 15.1. The van der Waals surface area contributed by atoms with Crippen molar-refractivity contribution in [1.82, 2.24) is 5.43 Å². The second-order valence-corrected chi connectivity index (χ2v) is 11.0. The van der Waals surface area contributed by atoms with E-state index in [0.29, 0.717) is 45.2 Å². The molecule has 8 nitrogen and oxygen atoms in total. The fraction of sp³-hybridized carbons (Fsp3) is 0.276. The number of anilines is 1. The van der Waals surface area contributed by atoms with Gasteiger partial charge in [-0.25, -0.2) is 5.43 Å². The monoisotopic (exact) mass is 697 g/mol. The van der Waals surface area contributed by atoms with Gasteiger partial charge >= 0.3 is 0 Å². The third kappa shape index (κ3) is 8.74. The average molecular weight is 698 g/mol. The van der Waals surface area contributed by atoms with Gasteiger partial charge in [-0.05, 0) is 89.5 Å². The van der Waals surface area contributed by atoms with Crippen LogP contribution in [0.25, 0.3) is 0 Å². The van der Waals surface area contributed by atoms with Crippen LogP contribution in [0, 0.1) is 15.4 Å². The fourth-order valence-corrected chi connectivity index (χ4v) is 4.96. The summed E-state index contributed by atoms with van der Waals surface area (Å²) in [6.07, 6.45) is 1.49. The summed E-state index contributed by atoms with van der Waals surface area (Å²) in [4.78, 5) is 25.8. The molecule has 3 rings (SSSR count). The minimum absolute atomic E-state index is 0.227. The van der Waals surface area contributed by atoms with Gasteiger partial charge in [0.05, 0.1) is 23.5 Å². The van der Waals surface area contributed by atoms with Crippen molar-refractivity contribution in [2.45, 2.75) is 27.4 Å². The first-order valence-electron chi connectivity index (χ1n) is 12.4. The minimum Gasteiger partial charge on any atom is -0.497 e. The zero-order valence-electron chi connectivity index (χ0n) is 22.5. The van der Waals surface area contributed by atoms with Crippen LogP contribution in [0.3, 0.4) is 0 Å². The fourth-order valence-electron chi connectivity index (χ4n) is 3.71. The van der Waals surface area contributed by atoms with Crippen molar-refractivity contribution in [2.24, 2.45) is 16.9 Å². The highest BCUT2D eigenvalue weighted by Crippen LogP contribution is 2.35. The number of rotatable bonds is 12. The summed E-state index contributed by atoms with van der Waals surface area (Å²) in [5.41, 5.74) is 4.51. The highest BCUT2D eigenvalue weighted by molar-refractivity contribution is 14.1. The number of hydrogen-bond acceptors (Lipinski definition) is 6. The zero-order chi connectivity index (χ0) is 29.2. The predicted octanol–water partition coefficient (Wildman–Crippen LogP) is 6.95. The van der Waals surface area contributed by atoms with Gasteiger partial charge in [0.2, 0.25) is 5.91 Å². The van der Waals surface area contributed by atoms with Gasteiger partial charge < -0.3 is 19.5 Å². The molecule has 212 valence electrons. The van der Waals surface area contributed by atoms with Crippen molar-refractivity contribution in [3.8, 4) is 17.2 Å². The number of nitrogens with one attached hydrogen (secondary N) is 2. The van der Waals surface area contributed by atoms with Crippen LogP contribution < -0.4 is 25.0 Å². The molecule has 3 aromatic carbocycles. The Kier molecular flexibility index (Phi) is 11.9. The van der Waals surface area contributed by atoms with Gasteiger partial charge in [0.15, 0.2) is 11.5 Å². The Bertz CT molecular complexity index is 1370. The van der Waals surface area contributed by atoms with Gasteiger partial charge in [-0.1, -0.05) is 43.1 Å². The van der Waals surface area contributed by atoms with E-state index in [9.17, 15) is 9.59 Å². The van der Waals surface area contributed by atoms with Gasteiger partial charge in [0.25, 0.3) is 5.91 Å². The minimum atomic E-state index is -0.950. The number of hydrogen-bond donors (Lipinski definition) is 2. The molecule has 2 N–H and O–H groups in total. The molecule has 0 aliphatic rings. The molecule has 3 aromatic rings. The number of amides is 2. The van der Waals surface area contributed by atoms with Crippen LogP contribution in [-0.4, -0.2) is 31.7 Å². The number of carbonyl (C=O) groups excluding carboxylic acids is 2. The molecular formula is C29H30Cl2IN3O5. The van der Waals surface area contributed by atoms with E-state index in [0.717, 1.165) is 9.13 Å². The van der Waals surface area contributed by atoms with Crippen LogP contribution in [0.2, 0.25) is 10.0 Å².